The molecule has 4 aromatic rings. The molecule has 0 saturated heterocycles. The summed E-state index contributed by atoms with van der Waals surface area (Å²) >= 11 is 0. The molecular formula is C25H23N3O6. The van der Waals surface area contributed by atoms with Crippen LogP contribution in [0.4, 0.5) is 0 Å². The summed E-state index contributed by atoms with van der Waals surface area (Å²) in [6.45, 7) is 0. The number of pyridine rings is 1. The van der Waals surface area contributed by atoms with Crippen LogP contribution in [-0.4, -0.2) is 38.1 Å². The van der Waals surface area contributed by atoms with Gasteiger partial charge in [-0.25, -0.2) is 4.98 Å². The third-order valence-corrected chi connectivity index (χ3v) is 5.14. The van der Waals surface area contributed by atoms with E-state index in [-0.39, 0.29) is 6.42 Å². The molecule has 2 heterocycles. The van der Waals surface area contributed by atoms with E-state index in [1.807, 2.05) is 18.2 Å². The van der Waals surface area contributed by atoms with E-state index in [1.165, 1.54) is 27.6 Å². The number of hydrazine groups is 1. The van der Waals surface area contributed by atoms with Crippen molar-refractivity contribution >= 4 is 22.7 Å². The average Bonchev–Trinajstić information content (AvgIpc) is 3.41. The normalized spacial score (nSPS) is 10.6. The number of carbonyl (C=O) groups excluding carboxylic acids is 2. The van der Waals surface area contributed by atoms with Crippen molar-refractivity contribution < 1.29 is 28.2 Å². The molecule has 4 rings (SSSR count). The molecule has 2 amide bonds. The van der Waals surface area contributed by atoms with Crippen molar-refractivity contribution in [3.05, 3.63) is 72.0 Å². The van der Waals surface area contributed by atoms with E-state index in [1.54, 1.807) is 36.4 Å². The average molecular weight is 461 g/mol. The summed E-state index contributed by atoms with van der Waals surface area (Å²) in [6, 6.07) is 15.7. The number of furan rings is 1. The van der Waals surface area contributed by atoms with Crippen LogP contribution in [-0.2, 0) is 11.2 Å². The second-order valence-electron chi connectivity index (χ2n) is 7.26. The molecule has 0 atom stereocenters. The topological polar surface area (TPSA) is 112 Å². The molecule has 0 radical (unpaired) electrons. The Balaban J connectivity index is 1.52. The van der Waals surface area contributed by atoms with Gasteiger partial charge < -0.3 is 18.6 Å². The lowest BCUT2D eigenvalue weighted by Gasteiger charge is -2.14. The zero-order chi connectivity index (χ0) is 24.1. The van der Waals surface area contributed by atoms with Gasteiger partial charge in [-0.05, 0) is 42.0 Å². The second-order valence-corrected chi connectivity index (χ2v) is 7.26. The van der Waals surface area contributed by atoms with Gasteiger partial charge in [-0.15, -0.1) is 0 Å². The van der Waals surface area contributed by atoms with Gasteiger partial charge in [0.05, 0.1) is 45.1 Å². The van der Waals surface area contributed by atoms with Gasteiger partial charge in [0.25, 0.3) is 5.91 Å². The number of amides is 2. The lowest BCUT2D eigenvalue weighted by molar-refractivity contribution is -0.121. The van der Waals surface area contributed by atoms with Crippen LogP contribution >= 0.6 is 0 Å². The molecule has 0 fully saturated rings. The molecule has 0 saturated carbocycles. The van der Waals surface area contributed by atoms with Crippen LogP contribution in [0.2, 0.25) is 0 Å². The number of rotatable bonds is 7. The summed E-state index contributed by atoms with van der Waals surface area (Å²) < 4.78 is 21.4. The second kappa shape index (κ2) is 9.95. The largest absolute Gasteiger partial charge is 0.493 e. The summed E-state index contributed by atoms with van der Waals surface area (Å²) in [6.07, 6.45) is 1.51. The van der Waals surface area contributed by atoms with Crippen LogP contribution in [0.1, 0.15) is 15.9 Å². The van der Waals surface area contributed by atoms with Crippen LogP contribution < -0.4 is 25.1 Å². The monoisotopic (exact) mass is 461 g/mol. The van der Waals surface area contributed by atoms with E-state index in [2.05, 4.69) is 15.8 Å². The minimum Gasteiger partial charge on any atom is -0.493 e. The molecule has 2 aromatic heterocycles. The van der Waals surface area contributed by atoms with Crippen molar-refractivity contribution in [2.45, 2.75) is 6.42 Å². The molecule has 174 valence electrons. The number of methoxy groups -OCH3 is 3. The molecular weight excluding hydrogens is 438 g/mol. The standard InChI is InChI=1S/C25H23N3O6/c1-31-21-11-15(12-22(32-2)24(21)33-3)13-23(29)27-28-25(30)17-14-19(20-9-6-10-34-20)26-18-8-5-4-7-16(17)18/h4-12,14H,13H2,1-3H3,(H,27,29)(H,28,30). The van der Waals surface area contributed by atoms with E-state index >= 15 is 0 Å². The number of para-hydroxylation sites is 1. The van der Waals surface area contributed by atoms with Crippen LogP contribution in [0.3, 0.4) is 0 Å². The highest BCUT2D eigenvalue weighted by Gasteiger charge is 2.17. The molecule has 2 aromatic carbocycles. The third kappa shape index (κ3) is 4.63. The maximum Gasteiger partial charge on any atom is 0.270 e. The van der Waals surface area contributed by atoms with Crippen LogP contribution in [0.15, 0.2) is 65.3 Å². The highest BCUT2D eigenvalue weighted by molar-refractivity contribution is 6.07. The van der Waals surface area contributed by atoms with Crippen molar-refractivity contribution in [2.24, 2.45) is 0 Å². The van der Waals surface area contributed by atoms with Gasteiger partial charge in [0.2, 0.25) is 11.7 Å². The van der Waals surface area contributed by atoms with Gasteiger partial charge in [0.1, 0.15) is 5.69 Å². The van der Waals surface area contributed by atoms with Gasteiger partial charge in [0.15, 0.2) is 17.3 Å². The SMILES string of the molecule is COc1cc(CC(=O)NNC(=O)c2cc(-c3ccco3)nc3ccccc23)cc(OC)c1OC. The van der Waals surface area contributed by atoms with E-state index in [4.69, 9.17) is 18.6 Å². The lowest BCUT2D eigenvalue weighted by Crippen LogP contribution is -2.42. The molecule has 9 heteroatoms. The first kappa shape index (κ1) is 22.7. The van der Waals surface area contributed by atoms with E-state index < -0.39 is 11.8 Å². The van der Waals surface area contributed by atoms with Gasteiger partial charge >= 0.3 is 0 Å². The van der Waals surface area contributed by atoms with Crippen molar-refractivity contribution in [3.63, 3.8) is 0 Å². The number of benzene rings is 2. The minimum atomic E-state index is -0.482. The summed E-state index contributed by atoms with van der Waals surface area (Å²) in [4.78, 5) is 30.1. The third-order valence-electron chi connectivity index (χ3n) is 5.14. The Morgan fingerprint density at radius 3 is 2.29 bits per heavy atom. The van der Waals surface area contributed by atoms with E-state index in [0.29, 0.717) is 50.7 Å². The van der Waals surface area contributed by atoms with E-state index in [0.717, 1.165) is 0 Å². The Morgan fingerprint density at radius 2 is 1.65 bits per heavy atom. The number of nitrogens with one attached hydrogen (secondary N) is 2. The highest BCUT2D eigenvalue weighted by Crippen LogP contribution is 2.38. The number of hydrogen-bond donors (Lipinski definition) is 2. The molecule has 34 heavy (non-hydrogen) atoms. The molecule has 0 aliphatic heterocycles. The predicted molar refractivity (Wildman–Crippen MR) is 125 cm³/mol. The summed E-state index contributed by atoms with van der Waals surface area (Å²) in [5, 5.41) is 0.647. The maximum atomic E-state index is 13.0. The quantitative estimate of drug-likeness (QED) is 0.405. The summed E-state index contributed by atoms with van der Waals surface area (Å²) in [5.41, 5.74) is 7.05. The van der Waals surface area contributed by atoms with Crippen molar-refractivity contribution in [2.75, 3.05) is 21.3 Å². The zero-order valence-electron chi connectivity index (χ0n) is 18.9. The molecule has 2 N–H and O–H groups in total. The highest BCUT2D eigenvalue weighted by atomic mass is 16.5. The zero-order valence-corrected chi connectivity index (χ0v) is 18.9. The van der Waals surface area contributed by atoms with E-state index in [9.17, 15) is 9.59 Å². The first-order valence-corrected chi connectivity index (χ1v) is 10.4. The first-order valence-electron chi connectivity index (χ1n) is 10.4. The Bertz CT molecular complexity index is 1310. The first-order chi connectivity index (χ1) is 16.5. The number of carbonyl (C=O) groups is 2. The smallest absolute Gasteiger partial charge is 0.270 e. The number of nitrogens with zero attached hydrogens (tertiary/aromatic N) is 1. The number of aromatic nitrogens is 1. The Morgan fingerprint density at radius 1 is 0.912 bits per heavy atom. The van der Waals surface area contributed by atoms with Crippen molar-refractivity contribution in [1.29, 1.82) is 0 Å². The number of hydrogen-bond acceptors (Lipinski definition) is 7. The van der Waals surface area contributed by atoms with Gasteiger partial charge in [0, 0.05) is 5.39 Å². The molecule has 9 nitrogen and oxygen atoms in total. The van der Waals surface area contributed by atoms with Gasteiger partial charge in [-0.1, -0.05) is 18.2 Å². The summed E-state index contributed by atoms with van der Waals surface area (Å²) in [7, 11) is 4.50. The molecule has 0 unspecified atom stereocenters. The predicted octanol–water partition coefficient (Wildman–Crippen LogP) is 3.52. The van der Waals surface area contributed by atoms with Crippen molar-refractivity contribution in [3.8, 4) is 28.7 Å². The lowest BCUT2D eigenvalue weighted by atomic mass is 10.1. The van der Waals surface area contributed by atoms with Crippen LogP contribution in [0.25, 0.3) is 22.4 Å². The number of ether oxygens (including phenoxy) is 3. The molecule has 0 bridgehead atoms. The fourth-order valence-electron chi connectivity index (χ4n) is 3.57. The molecule has 0 aliphatic carbocycles. The minimum absolute atomic E-state index is 0.0221. The Labute approximate surface area is 195 Å². The van der Waals surface area contributed by atoms with Crippen LogP contribution in [0.5, 0.6) is 17.2 Å². The molecule has 0 aliphatic rings. The van der Waals surface area contributed by atoms with Crippen LogP contribution in [0, 0.1) is 0 Å². The Kier molecular flexibility index (Phi) is 6.63. The van der Waals surface area contributed by atoms with Gasteiger partial charge in [-0.2, -0.15) is 0 Å². The van der Waals surface area contributed by atoms with Gasteiger partial charge in [-0.3, -0.25) is 20.4 Å². The molecule has 0 spiro atoms. The fraction of sp³-hybridized carbons (Fsp3) is 0.160. The maximum absolute atomic E-state index is 13.0. The number of fused-ring (bicyclic) bond motifs is 1. The summed E-state index contributed by atoms with van der Waals surface area (Å²) in [5.74, 6) is 0.923. The Hall–Kier alpha value is -4.53. The van der Waals surface area contributed by atoms with Crippen molar-refractivity contribution in [1.82, 2.24) is 15.8 Å². The fourth-order valence-corrected chi connectivity index (χ4v) is 3.57.